The van der Waals surface area contributed by atoms with Crippen LogP contribution >= 0.6 is 0 Å². The molecule has 2 aromatic carbocycles. The third-order valence-corrected chi connectivity index (χ3v) is 6.25. The van der Waals surface area contributed by atoms with Gasteiger partial charge >= 0.3 is 6.18 Å². The Morgan fingerprint density at radius 2 is 1.97 bits per heavy atom. The number of hydrogen-bond donors (Lipinski definition) is 2. The van der Waals surface area contributed by atoms with E-state index in [2.05, 4.69) is 5.16 Å². The predicted molar refractivity (Wildman–Crippen MR) is 134 cm³/mol. The van der Waals surface area contributed by atoms with Crippen molar-refractivity contribution in [3.63, 3.8) is 0 Å². The minimum atomic E-state index is -4.63. The van der Waals surface area contributed by atoms with E-state index in [0.29, 0.717) is 48.4 Å². The molecule has 2 aromatic rings. The maximum atomic E-state index is 13.9. The summed E-state index contributed by atoms with van der Waals surface area (Å²) in [5.41, 5.74) is 6.20. The average Bonchev–Trinajstić information content (AvgIpc) is 3.33. The first-order valence-corrected chi connectivity index (χ1v) is 12.0. The summed E-state index contributed by atoms with van der Waals surface area (Å²) in [5.74, 6) is -0.146. The van der Waals surface area contributed by atoms with Crippen molar-refractivity contribution in [3.8, 4) is 5.75 Å². The molecule has 0 aliphatic carbocycles. The lowest BCUT2D eigenvalue weighted by molar-refractivity contribution is -0.138. The van der Waals surface area contributed by atoms with E-state index in [1.807, 2.05) is 6.08 Å². The second kappa shape index (κ2) is 11.5. The number of oxime groups is 1. The van der Waals surface area contributed by atoms with Gasteiger partial charge < -0.3 is 20.2 Å². The summed E-state index contributed by atoms with van der Waals surface area (Å²) in [6, 6.07) is 9.38. The molecule has 2 heterocycles. The highest BCUT2D eigenvalue weighted by atomic mass is 19.4. The van der Waals surface area contributed by atoms with Crippen molar-refractivity contribution in [1.82, 2.24) is 4.90 Å². The summed E-state index contributed by atoms with van der Waals surface area (Å²) in [5, 5.41) is 12.0. The van der Waals surface area contributed by atoms with Gasteiger partial charge in [-0.3, -0.25) is 5.41 Å². The van der Waals surface area contributed by atoms with Crippen molar-refractivity contribution in [2.45, 2.75) is 44.3 Å². The largest absolute Gasteiger partial charge is 0.489 e. The first kappa shape index (κ1) is 26.2. The van der Waals surface area contributed by atoms with Gasteiger partial charge in [-0.1, -0.05) is 23.4 Å². The smallest absolute Gasteiger partial charge is 0.419 e. The fourth-order valence-electron chi connectivity index (χ4n) is 4.40. The van der Waals surface area contributed by atoms with Crippen molar-refractivity contribution in [3.05, 3.63) is 82.9 Å². The van der Waals surface area contributed by atoms with Crippen LogP contribution in [0.3, 0.4) is 0 Å². The van der Waals surface area contributed by atoms with Crippen LogP contribution in [0.25, 0.3) is 6.08 Å². The van der Waals surface area contributed by atoms with E-state index >= 15 is 0 Å². The van der Waals surface area contributed by atoms with Gasteiger partial charge in [-0.15, -0.1) is 0 Å². The number of alkyl halides is 3. The lowest BCUT2D eigenvalue weighted by atomic mass is 10.0. The van der Waals surface area contributed by atoms with Gasteiger partial charge in [0.15, 0.2) is 11.7 Å². The second-order valence-electron chi connectivity index (χ2n) is 8.84. The second-order valence-corrected chi connectivity index (χ2v) is 8.84. The lowest BCUT2D eigenvalue weighted by Gasteiger charge is -2.26. The van der Waals surface area contributed by atoms with Gasteiger partial charge in [0.1, 0.15) is 18.2 Å². The number of nitrogens with two attached hydrogens (primary N) is 1. The highest BCUT2D eigenvalue weighted by molar-refractivity contribution is 6.00. The zero-order chi connectivity index (χ0) is 26.4. The average molecular weight is 517 g/mol. The Balaban J connectivity index is 1.50. The Bertz CT molecular complexity index is 1210. The SMILES string of the molecule is N=C(N)N1CCC[C@H]1/C1=C\CCC/C(c2ccc(OC/C=C/c3ccc(F)cc3)c(C(F)(F)F)c2)=N\O1. The maximum Gasteiger partial charge on any atom is 0.419 e. The van der Waals surface area contributed by atoms with Gasteiger partial charge in [-0.2, -0.15) is 13.2 Å². The minimum Gasteiger partial charge on any atom is -0.489 e. The van der Waals surface area contributed by atoms with Gasteiger partial charge in [0.2, 0.25) is 0 Å². The first-order valence-electron chi connectivity index (χ1n) is 12.0. The molecule has 10 heteroatoms. The van der Waals surface area contributed by atoms with Gasteiger partial charge in [0.05, 0.1) is 17.3 Å². The summed E-state index contributed by atoms with van der Waals surface area (Å²) >= 11 is 0. The maximum absolute atomic E-state index is 13.9. The molecule has 2 aliphatic rings. The molecular weight excluding hydrogens is 488 g/mol. The van der Waals surface area contributed by atoms with Crippen LogP contribution in [-0.4, -0.2) is 35.8 Å². The van der Waals surface area contributed by atoms with Gasteiger partial charge in [0, 0.05) is 12.1 Å². The monoisotopic (exact) mass is 516 g/mol. The molecule has 0 aromatic heterocycles. The zero-order valence-electron chi connectivity index (χ0n) is 20.1. The summed E-state index contributed by atoms with van der Waals surface area (Å²) in [7, 11) is 0. The first-order chi connectivity index (χ1) is 17.7. The van der Waals surface area contributed by atoms with Crippen molar-refractivity contribution in [2.75, 3.05) is 13.2 Å². The van der Waals surface area contributed by atoms with Crippen molar-refractivity contribution in [2.24, 2.45) is 10.9 Å². The molecule has 0 saturated carbocycles. The van der Waals surface area contributed by atoms with E-state index < -0.39 is 11.7 Å². The highest BCUT2D eigenvalue weighted by Gasteiger charge is 2.35. The number of allylic oxidation sites excluding steroid dienone is 1. The molecule has 4 rings (SSSR count). The fourth-order valence-corrected chi connectivity index (χ4v) is 4.40. The lowest BCUT2D eigenvalue weighted by Crippen LogP contribution is -2.41. The quantitative estimate of drug-likeness (QED) is 0.277. The van der Waals surface area contributed by atoms with E-state index in [-0.39, 0.29) is 30.2 Å². The minimum absolute atomic E-state index is 0.0452. The number of benzene rings is 2. The van der Waals surface area contributed by atoms with E-state index in [0.717, 1.165) is 18.9 Å². The Morgan fingerprint density at radius 3 is 2.70 bits per heavy atom. The van der Waals surface area contributed by atoms with Crippen LogP contribution in [-0.2, 0) is 11.0 Å². The molecule has 37 heavy (non-hydrogen) atoms. The number of halogens is 4. The molecular formula is C27H28F4N4O2. The number of hydrogen-bond acceptors (Lipinski definition) is 4. The fraction of sp³-hybridized carbons (Fsp3) is 0.333. The molecule has 0 bridgehead atoms. The van der Waals surface area contributed by atoms with E-state index in [1.54, 1.807) is 35.3 Å². The molecule has 196 valence electrons. The molecule has 2 aliphatic heterocycles. The van der Waals surface area contributed by atoms with Crippen LogP contribution in [0.2, 0.25) is 0 Å². The van der Waals surface area contributed by atoms with E-state index in [9.17, 15) is 17.6 Å². The predicted octanol–water partition coefficient (Wildman–Crippen LogP) is 6.08. The molecule has 1 fully saturated rings. The number of ether oxygens (including phenoxy) is 1. The van der Waals surface area contributed by atoms with Crippen LogP contribution in [0.15, 0.2) is 65.5 Å². The Morgan fingerprint density at radius 1 is 1.19 bits per heavy atom. The number of rotatable bonds is 6. The van der Waals surface area contributed by atoms with Crippen molar-refractivity contribution >= 4 is 17.7 Å². The van der Waals surface area contributed by atoms with Gasteiger partial charge in [-0.05, 0) is 80.2 Å². The van der Waals surface area contributed by atoms with E-state index in [4.69, 9.17) is 20.7 Å². The third kappa shape index (κ3) is 6.69. The third-order valence-electron chi connectivity index (χ3n) is 6.25. The number of nitrogens with zero attached hydrogens (tertiary/aromatic N) is 2. The summed E-state index contributed by atoms with van der Waals surface area (Å²) in [4.78, 5) is 7.45. The topological polar surface area (TPSA) is 83.9 Å². The molecule has 0 spiro atoms. The Hall–Kier alpha value is -3.82. The molecule has 6 nitrogen and oxygen atoms in total. The van der Waals surface area contributed by atoms with Crippen LogP contribution in [0.1, 0.15) is 48.8 Å². The van der Waals surface area contributed by atoms with E-state index in [1.165, 1.54) is 18.2 Å². The summed E-state index contributed by atoms with van der Waals surface area (Å²) in [6.07, 6.45) is 3.92. The van der Waals surface area contributed by atoms with Gasteiger partial charge in [-0.25, -0.2) is 4.39 Å². The molecule has 0 unspecified atom stereocenters. The Labute approximate surface area is 212 Å². The zero-order valence-corrected chi connectivity index (χ0v) is 20.1. The number of likely N-dealkylation sites (tertiary alicyclic amines) is 1. The summed E-state index contributed by atoms with van der Waals surface area (Å²) < 4.78 is 60.1. The molecule has 0 amide bonds. The standard InChI is InChI=1S/C27H28F4N4O2/c28-20-12-9-18(10-13-20)5-4-16-36-24-14-11-19(17-21(24)27(29,30)31)22-6-1-2-8-25(37-34-22)23-7-3-15-35(23)26(32)33/h4-5,8-14,17,23H,1-3,6-7,15-16H2,(H3,32,33)/b5-4+,25-8+,34-22+/t23-/m0/s1. The highest BCUT2D eigenvalue weighted by Crippen LogP contribution is 2.37. The van der Waals surface area contributed by atoms with Crippen LogP contribution in [0, 0.1) is 11.2 Å². The number of guanidine groups is 1. The van der Waals surface area contributed by atoms with Crippen LogP contribution < -0.4 is 10.5 Å². The number of nitrogens with one attached hydrogen (secondary N) is 1. The Kier molecular flexibility index (Phi) is 8.15. The van der Waals surface area contributed by atoms with Gasteiger partial charge in [0.25, 0.3) is 0 Å². The molecule has 1 atom stereocenters. The van der Waals surface area contributed by atoms with Crippen LogP contribution in [0.4, 0.5) is 17.6 Å². The van der Waals surface area contributed by atoms with Crippen molar-refractivity contribution in [1.29, 1.82) is 5.41 Å². The normalized spacial score (nSPS) is 21.4. The molecule has 1 saturated heterocycles. The van der Waals surface area contributed by atoms with Crippen molar-refractivity contribution < 1.29 is 27.1 Å². The molecule has 0 radical (unpaired) electrons. The van der Waals surface area contributed by atoms with Crippen LogP contribution in [0.5, 0.6) is 5.75 Å². The summed E-state index contributed by atoms with van der Waals surface area (Å²) in [6.45, 7) is 0.554. The molecule has 3 N–H and O–H groups in total.